The Balaban J connectivity index is 1.53. The minimum atomic E-state index is -4.78. The smallest absolute Gasteiger partial charge is 0.332 e. The number of anilines is 1. The quantitative estimate of drug-likeness (QED) is 0.0826. The number of nitrogens with one attached hydrogen (secondary N) is 4. The maximum atomic E-state index is 13.6. The van der Waals surface area contributed by atoms with E-state index in [1.54, 1.807) is 18.2 Å². The van der Waals surface area contributed by atoms with E-state index in [9.17, 15) is 23.2 Å². The monoisotopic (exact) mass is 621 g/mol. The standard InChI is InChI=1S/C32H38F3N9O/c33-32(34,35)30-20-29(44(42-30)27-7-1-4-24(18-27)21-37)31(45)41-26-6-2-5-25(19-26)28(11-10-23-8-9-23)43(22-38)17-3-13-39-15-16-40-14-12-36/h1-7,17-20,22-23,28,38-40H,8-16,36H2,(H,41,45)/b17-3-,38-22?. The van der Waals surface area contributed by atoms with Crippen LogP contribution < -0.4 is 21.7 Å². The van der Waals surface area contributed by atoms with Crippen molar-refractivity contribution in [3.63, 3.8) is 0 Å². The lowest BCUT2D eigenvalue weighted by atomic mass is 9.98. The molecule has 1 aromatic heterocycles. The van der Waals surface area contributed by atoms with Crippen molar-refractivity contribution < 1.29 is 18.0 Å². The number of benzene rings is 2. The number of nitriles is 1. The number of alkyl halides is 3. The van der Waals surface area contributed by atoms with Crippen LogP contribution in [0.15, 0.2) is 66.9 Å². The summed E-state index contributed by atoms with van der Waals surface area (Å²) in [6.07, 6.45) is 4.47. The van der Waals surface area contributed by atoms with Crippen molar-refractivity contribution in [1.82, 2.24) is 25.3 Å². The maximum Gasteiger partial charge on any atom is 0.435 e. The van der Waals surface area contributed by atoms with E-state index < -0.39 is 17.8 Å². The molecule has 0 bridgehead atoms. The molecular formula is C32H38F3N9O. The second-order valence-corrected chi connectivity index (χ2v) is 10.8. The van der Waals surface area contributed by atoms with Gasteiger partial charge in [0.15, 0.2) is 5.69 Å². The number of carbonyl (C=O) groups is 1. The first-order valence-electron chi connectivity index (χ1n) is 14.9. The average Bonchev–Trinajstić information content (AvgIpc) is 3.74. The summed E-state index contributed by atoms with van der Waals surface area (Å²) in [7, 11) is 0. The first-order chi connectivity index (χ1) is 21.7. The van der Waals surface area contributed by atoms with Gasteiger partial charge in [-0.2, -0.15) is 23.5 Å². The van der Waals surface area contributed by atoms with Crippen LogP contribution in [0.5, 0.6) is 0 Å². The van der Waals surface area contributed by atoms with E-state index in [1.807, 2.05) is 29.3 Å². The van der Waals surface area contributed by atoms with Crippen LogP contribution in [0, 0.1) is 22.7 Å². The molecule has 0 radical (unpaired) electrons. The Morgan fingerprint density at radius 2 is 1.93 bits per heavy atom. The van der Waals surface area contributed by atoms with E-state index in [-0.39, 0.29) is 23.0 Å². The van der Waals surface area contributed by atoms with Gasteiger partial charge in [0.1, 0.15) is 5.69 Å². The molecule has 1 aliphatic rings. The maximum absolute atomic E-state index is 13.6. The van der Waals surface area contributed by atoms with Crippen LogP contribution in [0.4, 0.5) is 18.9 Å². The van der Waals surface area contributed by atoms with Crippen molar-refractivity contribution in [1.29, 1.82) is 10.7 Å². The van der Waals surface area contributed by atoms with Crippen molar-refractivity contribution in [3.8, 4) is 11.8 Å². The fourth-order valence-electron chi connectivity index (χ4n) is 4.89. The van der Waals surface area contributed by atoms with Gasteiger partial charge in [0, 0.05) is 50.7 Å². The predicted molar refractivity (Wildman–Crippen MR) is 167 cm³/mol. The Hall–Kier alpha value is -4.51. The third kappa shape index (κ3) is 9.74. The van der Waals surface area contributed by atoms with Crippen LogP contribution in [0.2, 0.25) is 0 Å². The Bertz CT molecular complexity index is 1510. The molecule has 1 aliphatic carbocycles. The number of nitrogens with zero attached hydrogens (tertiary/aromatic N) is 4. The third-order valence-corrected chi connectivity index (χ3v) is 7.38. The molecule has 0 spiro atoms. The number of aromatic nitrogens is 2. The van der Waals surface area contributed by atoms with Gasteiger partial charge in [0.25, 0.3) is 5.91 Å². The van der Waals surface area contributed by atoms with Gasteiger partial charge in [-0.05, 0) is 54.7 Å². The van der Waals surface area contributed by atoms with Gasteiger partial charge in [-0.15, -0.1) is 0 Å². The summed E-state index contributed by atoms with van der Waals surface area (Å²) in [5.74, 6) is -0.125. The molecular weight excluding hydrogens is 583 g/mol. The van der Waals surface area contributed by atoms with Crippen LogP contribution in [0.1, 0.15) is 59.0 Å². The van der Waals surface area contributed by atoms with E-state index in [2.05, 4.69) is 21.0 Å². The minimum Gasteiger partial charge on any atom is -0.332 e. The lowest BCUT2D eigenvalue weighted by molar-refractivity contribution is -0.141. The number of hydrogen-bond donors (Lipinski definition) is 5. The number of amides is 1. The number of nitrogens with two attached hydrogens (primary N) is 1. The highest BCUT2D eigenvalue weighted by atomic mass is 19.4. The summed E-state index contributed by atoms with van der Waals surface area (Å²) in [4.78, 5) is 15.2. The summed E-state index contributed by atoms with van der Waals surface area (Å²) < 4.78 is 41.7. The zero-order chi connectivity index (χ0) is 32.2. The topological polar surface area (TPSA) is 148 Å². The SMILES string of the molecule is N#Cc1cccc(-n2nc(C(F)(F)F)cc2C(=O)Nc2cccc(C(CCC3CC3)N(C=N)/C=C\CNCCNCCN)c2)c1. The van der Waals surface area contributed by atoms with Gasteiger partial charge in [-0.1, -0.05) is 37.1 Å². The van der Waals surface area contributed by atoms with Crippen molar-refractivity contribution in [2.45, 2.75) is 37.9 Å². The molecule has 2 aromatic carbocycles. The van der Waals surface area contributed by atoms with E-state index in [4.69, 9.17) is 11.1 Å². The van der Waals surface area contributed by atoms with Gasteiger partial charge in [0.05, 0.1) is 29.7 Å². The molecule has 0 aliphatic heterocycles. The van der Waals surface area contributed by atoms with Crippen LogP contribution in [0.3, 0.4) is 0 Å². The van der Waals surface area contributed by atoms with Gasteiger partial charge in [0.2, 0.25) is 0 Å². The van der Waals surface area contributed by atoms with Gasteiger partial charge >= 0.3 is 6.18 Å². The second kappa shape index (κ2) is 16.0. The molecule has 1 atom stereocenters. The largest absolute Gasteiger partial charge is 0.435 e. The second-order valence-electron chi connectivity index (χ2n) is 10.8. The minimum absolute atomic E-state index is 0.151. The predicted octanol–water partition coefficient (Wildman–Crippen LogP) is 4.81. The number of rotatable bonds is 17. The van der Waals surface area contributed by atoms with Crippen molar-refractivity contribution >= 4 is 17.9 Å². The first kappa shape index (κ1) is 33.4. The summed E-state index contributed by atoms with van der Waals surface area (Å²) in [6, 6.07) is 15.4. The zero-order valence-electron chi connectivity index (χ0n) is 24.9. The normalized spacial score (nSPS) is 13.8. The molecule has 45 heavy (non-hydrogen) atoms. The molecule has 13 heteroatoms. The number of hydrogen-bond acceptors (Lipinski definition) is 7. The molecule has 1 unspecified atom stereocenters. The number of carbonyl (C=O) groups excluding carboxylic acids is 1. The highest BCUT2D eigenvalue weighted by molar-refractivity contribution is 6.03. The Morgan fingerprint density at radius 3 is 2.64 bits per heavy atom. The van der Waals surface area contributed by atoms with E-state index in [1.165, 1.54) is 43.4 Å². The fourth-order valence-corrected chi connectivity index (χ4v) is 4.89. The Labute approximate surface area is 260 Å². The molecule has 4 rings (SSSR count). The van der Waals surface area contributed by atoms with E-state index in [0.717, 1.165) is 42.7 Å². The zero-order valence-corrected chi connectivity index (χ0v) is 24.9. The number of halogens is 3. The summed E-state index contributed by atoms with van der Waals surface area (Å²) >= 11 is 0. The van der Waals surface area contributed by atoms with Crippen molar-refractivity contribution in [2.75, 3.05) is 38.0 Å². The van der Waals surface area contributed by atoms with Crippen molar-refractivity contribution in [2.24, 2.45) is 11.7 Å². The lowest BCUT2D eigenvalue weighted by Crippen LogP contribution is -2.31. The molecule has 1 saturated carbocycles. The third-order valence-electron chi connectivity index (χ3n) is 7.38. The molecule has 3 aromatic rings. The van der Waals surface area contributed by atoms with Crippen LogP contribution in [0.25, 0.3) is 5.69 Å². The molecule has 10 nitrogen and oxygen atoms in total. The van der Waals surface area contributed by atoms with Crippen LogP contribution in [-0.4, -0.2) is 59.6 Å². The molecule has 1 amide bonds. The van der Waals surface area contributed by atoms with Gasteiger partial charge in [-0.25, -0.2) is 4.68 Å². The van der Waals surface area contributed by atoms with Gasteiger partial charge < -0.3 is 26.6 Å². The first-order valence-corrected chi connectivity index (χ1v) is 14.9. The molecule has 6 N–H and O–H groups in total. The van der Waals surface area contributed by atoms with E-state index in [0.29, 0.717) is 30.8 Å². The summed E-state index contributed by atoms with van der Waals surface area (Å²) in [6.45, 7) is 3.53. The van der Waals surface area contributed by atoms with Crippen molar-refractivity contribution in [3.05, 3.63) is 89.4 Å². The van der Waals surface area contributed by atoms with E-state index >= 15 is 0 Å². The fraction of sp³-hybridized carbons (Fsp3) is 0.375. The highest BCUT2D eigenvalue weighted by Gasteiger charge is 2.36. The van der Waals surface area contributed by atoms with Gasteiger partial charge in [-0.3, -0.25) is 10.2 Å². The van der Waals surface area contributed by atoms with Crippen LogP contribution in [-0.2, 0) is 6.18 Å². The summed E-state index contributed by atoms with van der Waals surface area (Å²) in [5, 5.41) is 30.3. The average molecular weight is 622 g/mol. The Morgan fingerprint density at radius 1 is 1.16 bits per heavy atom. The van der Waals surface area contributed by atoms with Crippen LogP contribution >= 0.6 is 0 Å². The molecule has 0 saturated heterocycles. The Kier molecular flexibility index (Phi) is 11.9. The molecule has 1 fully saturated rings. The summed E-state index contributed by atoms with van der Waals surface area (Å²) in [5.41, 5.74) is 5.54. The molecule has 1 heterocycles. The molecule has 238 valence electrons. The highest BCUT2D eigenvalue weighted by Crippen LogP contribution is 2.38. The lowest BCUT2D eigenvalue weighted by Gasteiger charge is -2.28.